The molecule has 0 saturated heterocycles. The summed E-state index contributed by atoms with van der Waals surface area (Å²) in [6, 6.07) is 15.5. The van der Waals surface area contributed by atoms with Gasteiger partial charge in [0.2, 0.25) is 4.80 Å². The Labute approximate surface area is 143 Å². The Morgan fingerprint density at radius 2 is 1.74 bits per heavy atom. The van der Waals surface area contributed by atoms with Gasteiger partial charge in [-0.1, -0.05) is 51.5 Å². The molecule has 2 heterocycles. The zero-order valence-corrected chi connectivity index (χ0v) is 14.2. The highest BCUT2D eigenvalue weighted by atomic mass is 79.9. The summed E-state index contributed by atoms with van der Waals surface area (Å²) >= 11 is 4.67. The van der Waals surface area contributed by atoms with Crippen LogP contribution in [0.15, 0.2) is 58.1 Å². The van der Waals surface area contributed by atoms with E-state index in [1.807, 2.05) is 48.5 Å². The third kappa shape index (κ3) is 2.69. The van der Waals surface area contributed by atoms with Crippen LogP contribution in [0.3, 0.4) is 0 Å². The van der Waals surface area contributed by atoms with Crippen LogP contribution in [-0.2, 0) is 0 Å². The molecule has 1 N–H and O–H groups in total. The van der Waals surface area contributed by atoms with Crippen LogP contribution in [0.1, 0.15) is 5.56 Å². The van der Waals surface area contributed by atoms with Crippen LogP contribution in [-0.4, -0.2) is 20.9 Å². The molecule has 0 radical (unpaired) electrons. The number of nitrogens with zero attached hydrogens (tertiary/aromatic N) is 4. The second-order valence-electron chi connectivity index (χ2n) is 4.86. The second-order valence-corrected chi connectivity index (χ2v) is 6.75. The average Bonchev–Trinajstić information content (AvgIpc) is 2.86. The maximum absolute atomic E-state index is 8.11. The minimum absolute atomic E-state index is 0.295. The molecule has 0 unspecified atom stereocenters. The normalized spacial score (nSPS) is 11.7. The number of hydrogen-bond acceptors (Lipinski definition) is 5. The first-order valence-corrected chi connectivity index (χ1v) is 8.44. The number of para-hydroxylation sites is 2. The van der Waals surface area contributed by atoms with E-state index < -0.39 is 0 Å². The Hall–Kier alpha value is -2.38. The van der Waals surface area contributed by atoms with Gasteiger partial charge in [-0.05, 0) is 29.8 Å². The van der Waals surface area contributed by atoms with E-state index in [4.69, 9.17) is 5.41 Å². The van der Waals surface area contributed by atoms with Crippen LogP contribution in [0.25, 0.3) is 21.5 Å². The van der Waals surface area contributed by atoms with Gasteiger partial charge in [0.25, 0.3) is 0 Å². The Morgan fingerprint density at radius 3 is 2.48 bits per heavy atom. The molecule has 0 bridgehead atoms. The Balaban J connectivity index is 1.85. The molecule has 5 nitrogen and oxygen atoms in total. The van der Waals surface area contributed by atoms with Gasteiger partial charge in [-0.3, -0.25) is 5.41 Å². The molecule has 7 heteroatoms. The molecule has 0 atom stereocenters. The SMILES string of the molecule is N=c1sc2nc3ccccc3nc2n1/N=C\c1ccc(Br)cc1. The molecule has 0 aliphatic rings. The molecular weight excluding hydrogens is 374 g/mol. The summed E-state index contributed by atoms with van der Waals surface area (Å²) in [4.78, 5) is 10.2. The Morgan fingerprint density at radius 1 is 1.04 bits per heavy atom. The first-order valence-electron chi connectivity index (χ1n) is 6.83. The van der Waals surface area contributed by atoms with Gasteiger partial charge in [-0.2, -0.15) is 9.78 Å². The predicted octanol–water partition coefficient (Wildman–Crippen LogP) is 3.77. The van der Waals surface area contributed by atoms with Crippen molar-refractivity contribution in [2.45, 2.75) is 0 Å². The molecule has 0 amide bonds. The summed E-state index contributed by atoms with van der Waals surface area (Å²) in [5.41, 5.74) is 3.18. The molecule has 0 fully saturated rings. The molecule has 23 heavy (non-hydrogen) atoms. The van der Waals surface area contributed by atoms with Gasteiger partial charge in [0.1, 0.15) is 0 Å². The highest BCUT2D eigenvalue weighted by Gasteiger charge is 2.09. The number of hydrogen-bond donors (Lipinski definition) is 1. The van der Waals surface area contributed by atoms with Gasteiger partial charge < -0.3 is 0 Å². The summed E-state index contributed by atoms with van der Waals surface area (Å²) in [7, 11) is 0. The van der Waals surface area contributed by atoms with Gasteiger partial charge in [-0.15, -0.1) is 0 Å². The largest absolute Gasteiger partial charge is 0.273 e. The minimum atomic E-state index is 0.295. The lowest BCUT2D eigenvalue weighted by atomic mass is 10.2. The molecule has 0 spiro atoms. The minimum Gasteiger partial charge on any atom is -0.273 e. The van der Waals surface area contributed by atoms with E-state index in [1.54, 1.807) is 6.21 Å². The molecular formula is C16H10BrN5S. The van der Waals surface area contributed by atoms with Gasteiger partial charge in [0.15, 0.2) is 10.5 Å². The van der Waals surface area contributed by atoms with Gasteiger partial charge in [0, 0.05) is 4.47 Å². The Kier molecular flexibility index (Phi) is 3.51. The van der Waals surface area contributed by atoms with Crippen molar-refractivity contribution >= 4 is 55.0 Å². The maximum atomic E-state index is 8.11. The van der Waals surface area contributed by atoms with Crippen LogP contribution in [0, 0.1) is 5.41 Å². The second kappa shape index (κ2) is 5.68. The summed E-state index contributed by atoms with van der Waals surface area (Å²) in [5, 5.41) is 12.5. The van der Waals surface area contributed by atoms with E-state index in [9.17, 15) is 0 Å². The van der Waals surface area contributed by atoms with Crippen LogP contribution in [0.4, 0.5) is 0 Å². The van der Waals surface area contributed by atoms with Crippen molar-refractivity contribution in [2.24, 2.45) is 5.10 Å². The first-order chi connectivity index (χ1) is 11.2. The van der Waals surface area contributed by atoms with Crippen molar-refractivity contribution in [3.63, 3.8) is 0 Å². The standard InChI is InChI=1S/C16H10BrN5S/c17-11-7-5-10(6-8-11)9-19-22-14-15(23-16(22)18)21-13-4-2-1-3-12(13)20-14/h1-9,18H/b18-16?,19-9-. The maximum Gasteiger partial charge on any atom is 0.206 e. The lowest BCUT2D eigenvalue weighted by molar-refractivity contribution is 0.853. The molecule has 0 aliphatic heterocycles. The first kappa shape index (κ1) is 14.2. The molecule has 112 valence electrons. The van der Waals surface area contributed by atoms with Crippen molar-refractivity contribution in [1.29, 1.82) is 5.41 Å². The molecule has 2 aromatic heterocycles. The summed E-state index contributed by atoms with van der Waals surface area (Å²) in [5.74, 6) is 0. The number of thiazole rings is 1. The number of nitrogens with one attached hydrogen (secondary N) is 1. The van der Waals surface area contributed by atoms with Crippen LogP contribution in [0.5, 0.6) is 0 Å². The predicted molar refractivity (Wildman–Crippen MR) is 95.9 cm³/mol. The van der Waals surface area contributed by atoms with Crippen molar-refractivity contribution in [3.05, 3.63) is 63.4 Å². The number of fused-ring (bicyclic) bond motifs is 2. The van der Waals surface area contributed by atoms with Crippen molar-refractivity contribution in [1.82, 2.24) is 14.6 Å². The number of rotatable bonds is 2. The number of aromatic nitrogens is 3. The zero-order valence-electron chi connectivity index (χ0n) is 11.8. The third-order valence-electron chi connectivity index (χ3n) is 3.30. The zero-order chi connectivity index (χ0) is 15.8. The highest BCUT2D eigenvalue weighted by Crippen LogP contribution is 2.17. The van der Waals surface area contributed by atoms with E-state index in [-0.39, 0.29) is 0 Å². The lowest BCUT2D eigenvalue weighted by Gasteiger charge is -1.98. The quantitative estimate of drug-likeness (QED) is 0.535. The summed E-state index contributed by atoms with van der Waals surface area (Å²) in [6.45, 7) is 0. The average molecular weight is 384 g/mol. The van der Waals surface area contributed by atoms with Gasteiger partial charge in [-0.25, -0.2) is 9.97 Å². The van der Waals surface area contributed by atoms with E-state index in [0.29, 0.717) is 15.3 Å². The smallest absolute Gasteiger partial charge is 0.206 e. The molecule has 2 aromatic carbocycles. The molecule has 4 aromatic rings. The fraction of sp³-hybridized carbons (Fsp3) is 0. The lowest BCUT2D eigenvalue weighted by Crippen LogP contribution is -2.08. The molecule has 0 saturated carbocycles. The van der Waals surface area contributed by atoms with E-state index >= 15 is 0 Å². The fourth-order valence-corrected chi connectivity index (χ4v) is 3.23. The van der Waals surface area contributed by atoms with Crippen LogP contribution >= 0.6 is 27.3 Å². The van der Waals surface area contributed by atoms with E-state index in [1.165, 1.54) is 16.0 Å². The van der Waals surface area contributed by atoms with Crippen LogP contribution in [0.2, 0.25) is 0 Å². The molecule has 4 rings (SSSR count). The summed E-state index contributed by atoms with van der Waals surface area (Å²) < 4.78 is 2.53. The van der Waals surface area contributed by atoms with E-state index in [2.05, 4.69) is 31.0 Å². The van der Waals surface area contributed by atoms with Gasteiger partial charge >= 0.3 is 0 Å². The monoisotopic (exact) mass is 383 g/mol. The fourth-order valence-electron chi connectivity index (χ4n) is 2.19. The number of benzene rings is 2. The van der Waals surface area contributed by atoms with Gasteiger partial charge in [0.05, 0.1) is 17.2 Å². The third-order valence-corrected chi connectivity index (χ3v) is 4.66. The van der Waals surface area contributed by atoms with Crippen molar-refractivity contribution < 1.29 is 0 Å². The van der Waals surface area contributed by atoms with Crippen molar-refractivity contribution in [3.8, 4) is 0 Å². The van der Waals surface area contributed by atoms with E-state index in [0.717, 1.165) is 21.1 Å². The van der Waals surface area contributed by atoms with Crippen LogP contribution < -0.4 is 4.80 Å². The Bertz CT molecular complexity index is 1100. The highest BCUT2D eigenvalue weighted by molar-refractivity contribution is 9.10. The number of halogens is 1. The topological polar surface area (TPSA) is 66.9 Å². The summed E-state index contributed by atoms with van der Waals surface area (Å²) in [6.07, 6.45) is 1.72. The van der Waals surface area contributed by atoms with Crippen molar-refractivity contribution in [2.75, 3.05) is 0 Å². The molecule has 0 aliphatic carbocycles.